The predicted molar refractivity (Wildman–Crippen MR) is 56.5 cm³/mol. The summed E-state index contributed by atoms with van der Waals surface area (Å²) < 4.78 is 0. The molecule has 0 saturated carbocycles. The third-order valence-electron chi connectivity index (χ3n) is 2.82. The zero-order valence-corrected chi connectivity index (χ0v) is 8.55. The van der Waals surface area contributed by atoms with E-state index >= 15 is 0 Å². The average molecular weight is 180 g/mol. The molecule has 0 unspecified atom stereocenters. The first kappa shape index (κ1) is 10.6. The number of nitrogens with one attached hydrogen (secondary N) is 1. The second-order valence-corrected chi connectivity index (χ2v) is 3.82. The third kappa shape index (κ3) is 3.80. The quantitative estimate of drug-likeness (QED) is 0.648. The Morgan fingerprint density at radius 2 is 2.15 bits per heavy atom. The Morgan fingerprint density at radius 1 is 1.46 bits per heavy atom. The smallest absolute Gasteiger partial charge is 0.0598 e. The van der Waals surface area contributed by atoms with Gasteiger partial charge in [0, 0.05) is 0 Å². The van der Waals surface area contributed by atoms with Crippen LogP contribution >= 0.6 is 0 Å². The van der Waals surface area contributed by atoms with Crippen LogP contribution in [0.1, 0.15) is 19.3 Å². The van der Waals surface area contributed by atoms with E-state index in [0.717, 1.165) is 19.0 Å². The van der Waals surface area contributed by atoms with Crippen LogP contribution in [0.15, 0.2) is 0 Å². The largest absolute Gasteiger partial charge is 0.320 e. The van der Waals surface area contributed by atoms with Crippen molar-refractivity contribution in [3.8, 4) is 12.3 Å². The Bertz CT molecular complexity index is 163. The van der Waals surface area contributed by atoms with Crippen LogP contribution in [0.2, 0.25) is 0 Å². The molecule has 1 aliphatic rings. The van der Waals surface area contributed by atoms with Crippen molar-refractivity contribution < 1.29 is 0 Å². The van der Waals surface area contributed by atoms with E-state index in [1.165, 1.54) is 32.4 Å². The Kier molecular flexibility index (Phi) is 4.88. The van der Waals surface area contributed by atoms with Gasteiger partial charge in [0.25, 0.3) is 0 Å². The van der Waals surface area contributed by atoms with E-state index in [1.54, 1.807) is 0 Å². The summed E-state index contributed by atoms with van der Waals surface area (Å²) in [6.07, 6.45) is 9.24. The fraction of sp³-hybridized carbons (Fsp3) is 0.818. The maximum atomic E-state index is 5.27. The number of likely N-dealkylation sites (tertiary alicyclic amines) is 1. The molecule has 0 amide bonds. The van der Waals surface area contributed by atoms with Gasteiger partial charge in [0.2, 0.25) is 0 Å². The molecule has 1 fully saturated rings. The van der Waals surface area contributed by atoms with Crippen LogP contribution in [0.4, 0.5) is 0 Å². The standard InChI is InChI=1S/C11H20N2/c1-3-8-13-9-5-11(6-10-13)4-7-12-2/h1,11-12H,4-10H2,2H3. The van der Waals surface area contributed by atoms with Crippen LogP contribution in [0.3, 0.4) is 0 Å². The highest BCUT2D eigenvalue weighted by atomic mass is 15.1. The molecule has 0 radical (unpaired) electrons. The summed E-state index contributed by atoms with van der Waals surface area (Å²) in [5, 5.41) is 3.21. The van der Waals surface area contributed by atoms with E-state index in [1.807, 2.05) is 7.05 Å². The Hall–Kier alpha value is -0.520. The lowest BCUT2D eigenvalue weighted by molar-refractivity contribution is 0.197. The fourth-order valence-corrected chi connectivity index (χ4v) is 1.91. The molecule has 0 atom stereocenters. The van der Waals surface area contributed by atoms with Crippen molar-refractivity contribution in [1.29, 1.82) is 0 Å². The maximum absolute atomic E-state index is 5.27. The van der Waals surface area contributed by atoms with Gasteiger partial charge in [-0.3, -0.25) is 4.90 Å². The minimum absolute atomic E-state index is 0.832. The predicted octanol–water partition coefficient (Wildman–Crippen LogP) is 0.941. The lowest BCUT2D eigenvalue weighted by Crippen LogP contribution is -2.34. The van der Waals surface area contributed by atoms with Crippen molar-refractivity contribution >= 4 is 0 Å². The molecule has 0 bridgehead atoms. The van der Waals surface area contributed by atoms with Crippen molar-refractivity contribution in [2.24, 2.45) is 5.92 Å². The second-order valence-electron chi connectivity index (χ2n) is 3.82. The SMILES string of the molecule is C#CCN1CCC(CCNC)CC1. The zero-order valence-electron chi connectivity index (χ0n) is 8.55. The van der Waals surface area contributed by atoms with Crippen molar-refractivity contribution in [1.82, 2.24) is 10.2 Å². The summed E-state index contributed by atoms with van der Waals surface area (Å²) in [4.78, 5) is 2.37. The molecule has 1 rings (SSSR count). The summed E-state index contributed by atoms with van der Waals surface area (Å²) >= 11 is 0. The molecule has 0 aromatic rings. The van der Waals surface area contributed by atoms with Crippen LogP contribution < -0.4 is 5.32 Å². The molecule has 1 saturated heterocycles. The first-order valence-electron chi connectivity index (χ1n) is 5.17. The van der Waals surface area contributed by atoms with Gasteiger partial charge in [-0.1, -0.05) is 5.92 Å². The second kappa shape index (κ2) is 6.01. The van der Waals surface area contributed by atoms with Gasteiger partial charge in [0.1, 0.15) is 0 Å². The molecule has 13 heavy (non-hydrogen) atoms. The van der Waals surface area contributed by atoms with Crippen LogP contribution in [0.5, 0.6) is 0 Å². The highest BCUT2D eigenvalue weighted by Gasteiger charge is 2.17. The number of rotatable bonds is 4. The molecule has 0 aromatic carbocycles. The maximum Gasteiger partial charge on any atom is 0.0598 e. The molecule has 0 aliphatic carbocycles. The third-order valence-corrected chi connectivity index (χ3v) is 2.82. The number of piperidine rings is 1. The van der Waals surface area contributed by atoms with Crippen molar-refractivity contribution in [2.75, 3.05) is 33.2 Å². The molecule has 2 nitrogen and oxygen atoms in total. The Labute approximate surface area is 81.7 Å². The lowest BCUT2D eigenvalue weighted by atomic mass is 9.93. The highest BCUT2D eigenvalue weighted by Crippen LogP contribution is 2.19. The van der Waals surface area contributed by atoms with Crippen molar-refractivity contribution in [3.63, 3.8) is 0 Å². The number of hydrogen-bond donors (Lipinski definition) is 1. The molecule has 1 N–H and O–H groups in total. The van der Waals surface area contributed by atoms with Gasteiger partial charge < -0.3 is 5.32 Å². The van der Waals surface area contributed by atoms with Gasteiger partial charge in [0.05, 0.1) is 6.54 Å². The van der Waals surface area contributed by atoms with Crippen molar-refractivity contribution in [3.05, 3.63) is 0 Å². The summed E-state index contributed by atoms with van der Waals surface area (Å²) in [5.41, 5.74) is 0. The normalized spacial score (nSPS) is 20.0. The van der Waals surface area contributed by atoms with Crippen LogP contribution in [0, 0.1) is 18.3 Å². The average Bonchev–Trinajstić information content (AvgIpc) is 2.17. The monoisotopic (exact) mass is 180 g/mol. The molecule has 1 heterocycles. The van der Waals surface area contributed by atoms with Crippen LogP contribution in [0.25, 0.3) is 0 Å². The zero-order chi connectivity index (χ0) is 9.52. The molecular weight excluding hydrogens is 160 g/mol. The molecule has 0 aromatic heterocycles. The molecule has 74 valence electrons. The fourth-order valence-electron chi connectivity index (χ4n) is 1.91. The Balaban J connectivity index is 2.12. The van der Waals surface area contributed by atoms with E-state index in [4.69, 9.17) is 6.42 Å². The van der Waals surface area contributed by atoms with Crippen LogP contribution in [-0.2, 0) is 0 Å². The first-order valence-corrected chi connectivity index (χ1v) is 5.17. The molecular formula is C11H20N2. The summed E-state index contributed by atoms with van der Waals surface area (Å²) in [7, 11) is 2.02. The summed E-state index contributed by atoms with van der Waals surface area (Å²) in [5.74, 6) is 3.63. The number of terminal acetylenes is 1. The van der Waals surface area contributed by atoms with Crippen molar-refractivity contribution in [2.45, 2.75) is 19.3 Å². The summed E-state index contributed by atoms with van der Waals surface area (Å²) in [6, 6.07) is 0. The lowest BCUT2D eigenvalue weighted by Gasteiger charge is -2.30. The van der Waals surface area contributed by atoms with Crippen LogP contribution in [-0.4, -0.2) is 38.1 Å². The van der Waals surface area contributed by atoms with Gasteiger partial charge >= 0.3 is 0 Å². The van der Waals surface area contributed by atoms with Gasteiger partial charge in [-0.25, -0.2) is 0 Å². The van der Waals surface area contributed by atoms with E-state index < -0.39 is 0 Å². The van der Waals surface area contributed by atoms with E-state index in [0.29, 0.717) is 0 Å². The molecule has 2 heteroatoms. The highest BCUT2D eigenvalue weighted by molar-refractivity contribution is 4.89. The Morgan fingerprint density at radius 3 is 2.69 bits per heavy atom. The molecule has 0 spiro atoms. The van der Waals surface area contributed by atoms with Gasteiger partial charge in [-0.15, -0.1) is 6.42 Å². The van der Waals surface area contributed by atoms with E-state index in [9.17, 15) is 0 Å². The van der Waals surface area contributed by atoms with Gasteiger partial charge in [0.15, 0.2) is 0 Å². The topological polar surface area (TPSA) is 15.3 Å². The van der Waals surface area contributed by atoms with E-state index in [2.05, 4.69) is 16.1 Å². The first-order chi connectivity index (χ1) is 6.36. The summed E-state index contributed by atoms with van der Waals surface area (Å²) in [6.45, 7) is 4.37. The number of nitrogens with zero attached hydrogens (tertiary/aromatic N) is 1. The minimum Gasteiger partial charge on any atom is -0.320 e. The molecule has 1 aliphatic heterocycles. The van der Waals surface area contributed by atoms with Gasteiger partial charge in [-0.05, 0) is 51.9 Å². The van der Waals surface area contributed by atoms with E-state index in [-0.39, 0.29) is 0 Å². The van der Waals surface area contributed by atoms with Gasteiger partial charge in [-0.2, -0.15) is 0 Å². The number of hydrogen-bond acceptors (Lipinski definition) is 2. The minimum atomic E-state index is 0.832.